The summed E-state index contributed by atoms with van der Waals surface area (Å²) >= 11 is 1.87. The van der Waals surface area contributed by atoms with Crippen molar-refractivity contribution in [2.45, 2.75) is 32.8 Å². The predicted octanol–water partition coefficient (Wildman–Crippen LogP) is 1.74. The van der Waals surface area contributed by atoms with E-state index < -0.39 is 0 Å². The third-order valence-electron chi connectivity index (χ3n) is 1.83. The van der Waals surface area contributed by atoms with Gasteiger partial charge in [-0.2, -0.15) is 11.8 Å². The smallest absolute Gasteiger partial charge is 0.0667 e. The molecule has 0 bridgehead atoms. The molecule has 0 aliphatic heterocycles. The van der Waals surface area contributed by atoms with Crippen LogP contribution < -0.4 is 5.32 Å². The van der Waals surface area contributed by atoms with Crippen LogP contribution in [-0.2, 0) is 0 Å². The van der Waals surface area contributed by atoms with E-state index in [2.05, 4.69) is 25.4 Å². The molecule has 0 aliphatic carbocycles. The van der Waals surface area contributed by atoms with E-state index in [0.29, 0.717) is 5.92 Å². The van der Waals surface area contributed by atoms with Crippen LogP contribution in [-0.4, -0.2) is 36.3 Å². The third kappa shape index (κ3) is 10.2. The molecule has 0 rings (SSSR count). The van der Waals surface area contributed by atoms with Crippen LogP contribution in [0.3, 0.4) is 0 Å². The van der Waals surface area contributed by atoms with Gasteiger partial charge in [-0.25, -0.2) is 0 Å². The van der Waals surface area contributed by atoms with Crippen LogP contribution in [0.15, 0.2) is 0 Å². The van der Waals surface area contributed by atoms with Crippen LogP contribution >= 0.6 is 11.8 Å². The summed E-state index contributed by atoms with van der Waals surface area (Å²) in [5.74, 6) is 1.79. The molecule has 1 atom stereocenters. The Bertz CT molecular complexity index is 109. The summed E-state index contributed by atoms with van der Waals surface area (Å²) in [4.78, 5) is 0. The molecule has 1 unspecified atom stereocenters. The van der Waals surface area contributed by atoms with Crippen LogP contribution in [0.1, 0.15) is 26.7 Å². The molecule has 13 heavy (non-hydrogen) atoms. The fourth-order valence-corrected chi connectivity index (χ4v) is 1.67. The first kappa shape index (κ1) is 13.3. The zero-order valence-electron chi connectivity index (χ0n) is 9.05. The van der Waals surface area contributed by atoms with Gasteiger partial charge in [-0.05, 0) is 37.3 Å². The van der Waals surface area contributed by atoms with Crippen molar-refractivity contribution in [1.29, 1.82) is 0 Å². The van der Waals surface area contributed by atoms with Crippen LogP contribution in [0.25, 0.3) is 0 Å². The number of aliphatic hydroxyl groups is 1. The van der Waals surface area contributed by atoms with Crippen LogP contribution in [0.4, 0.5) is 0 Å². The van der Waals surface area contributed by atoms with E-state index in [-0.39, 0.29) is 6.10 Å². The van der Waals surface area contributed by atoms with E-state index in [0.717, 1.165) is 19.5 Å². The van der Waals surface area contributed by atoms with E-state index >= 15 is 0 Å². The van der Waals surface area contributed by atoms with Gasteiger partial charge in [-0.1, -0.05) is 13.8 Å². The molecule has 0 aliphatic rings. The Labute approximate surface area is 86.5 Å². The van der Waals surface area contributed by atoms with E-state index in [4.69, 9.17) is 0 Å². The second-order valence-corrected chi connectivity index (χ2v) is 4.82. The molecular formula is C10H23NOS. The molecule has 80 valence electrons. The molecular weight excluding hydrogens is 182 g/mol. The molecule has 0 aromatic heterocycles. The maximum Gasteiger partial charge on any atom is 0.0667 e. The first-order valence-corrected chi connectivity index (χ1v) is 6.44. The number of aliphatic hydroxyl groups excluding tert-OH is 1. The summed E-state index contributed by atoms with van der Waals surface area (Å²) in [5, 5.41) is 12.8. The minimum absolute atomic E-state index is 0.172. The largest absolute Gasteiger partial charge is 0.392 e. The summed E-state index contributed by atoms with van der Waals surface area (Å²) in [7, 11) is 0. The molecule has 0 saturated heterocycles. The van der Waals surface area contributed by atoms with Crippen molar-refractivity contribution >= 4 is 11.8 Å². The second-order valence-electron chi connectivity index (χ2n) is 3.83. The molecule has 0 radical (unpaired) electrons. The Morgan fingerprint density at radius 2 is 2.08 bits per heavy atom. The number of hydrogen-bond donors (Lipinski definition) is 2. The molecule has 0 amide bonds. The van der Waals surface area contributed by atoms with Crippen molar-refractivity contribution in [2.75, 3.05) is 25.1 Å². The van der Waals surface area contributed by atoms with E-state index in [1.54, 1.807) is 0 Å². The predicted molar refractivity (Wildman–Crippen MR) is 61.3 cm³/mol. The van der Waals surface area contributed by atoms with Crippen molar-refractivity contribution in [3.8, 4) is 0 Å². The highest BCUT2D eigenvalue weighted by Gasteiger charge is 2.05. The highest BCUT2D eigenvalue weighted by atomic mass is 32.2. The van der Waals surface area contributed by atoms with Crippen molar-refractivity contribution in [3.05, 3.63) is 0 Å². The maximum absolute atomic E-state index is 9.51. The van der Waals surface area contributed by atoms with Crippen LogP contribution in [0, 0.1) is 5.92 Å². The molecule has 3 heteroatoms. The zero-order valence-corrected chi connectivity index (χ0v) is 9.86. The van der Waals surface area contributed by atoms with E-state index in [9.17, 15) is 5.11 Å². The van der Waals surface area contributed by atoms with Gasteiger partial charge in [0.15, 0.2) is 0 Å². The van der Waals surface area contributed by atoms with Gasteiger partial charge >= 0.3 is 0 Å². The number of rotatable bonds is 8. The van der Waals surface area contributed by atoms with Crippen molar-refractivity contribution < 1.29 is 5.11 Å². The van der Waals surface area contributed by atoms with E-state index in [1.807, 2.05) is 11.8 Å². The highest BCUT2D eigenvalue weighted by Crippen LogP contribution is 2.03. The molecule has 0 saturated carbocycles. The number of nitrogens with one attached hydrogen (secondary N) is 1. The lowest BCUT2D eigenvalue weighted by molar-refractivity contribution is 0.146. The Morgan fingerprint density at radius 1 is 1.38 bits per heavy atom. The van der Waals surface area contributed by atoms with Gasteiger partial charge in [0.05, 0.1) is 6.10 Å². The Hall–Kier alpha value is 0.270. The summed E-state index contributed by atoms with van der Waals surface area (Å²) in [5.41, 5.74) is 0. The van der Waals surface area contributed by atoms with E-state index in [1.165, 1.54) is 12.2 Å². The average Bonchev–Trinajstić information content (AvgIpc) is 2.02. The fraction of sp³-hybridized carbons (Fsp3) is 1.00. The standard InChI is InChI=1S/C10H23NOS/c1-9(2)7-10(12)8-11-5-4-6-13-3/h9-12H,4-8H2,1-3H3. The first-order valence-electron chi connectivity index (χ1n) is 5.04. The monoisotopic (exact) mass is 205 g/mol. The quantitative estimate of drug-likeness (QED) is 0.592. The summed E-state index contributed by atoms with van der Waals surface area (Å²) in [6.45, 7) is 6.04. The molecule has 0 fully saturated rings. The molecule has 0 spiro atoms. The average molecular weight is 205 g/mol. The van der Waals surface area contributed by atoms with Gasteiger partial charge in [0.2, 0.25) is 0 Å². The lowest BCUT2D eigenvalue weighted by Gasteiger charge is -2.13. The topological polar surface area (TPSA) is 32.3 Å². The highest BCUT2D eigenvalue weighted by molar-refractivity contribution is 7.98. The van der Waals surface area contributed by atoms with Crippen molar-refractivity contribution in [2.24, 2.45) is 5.92 Å². The summed E-state index contributed by atoms with van der Waals surface area (Å²) in [6, 6.07) is 0. The first-order chi connectivity index (χ1) is 6.16. The Morgan fingerprint density at radius 3 is 2.62 bits per heavy atom. The summed E-state index contributed by atoms with van der Waals surface area (Å²) in [6.07, 6.45) is 4.04. The molecule has 2 nitrogen and oxygen atoms in total. The lowest BCUT2D eigenvalue weighted by Crippen LogP contribution is -2.28. The number of hydrogen-bond acceptors (Lipinski definition) is 3. The molecule has 0 aromatic carbocycles. The van der Waals surface area contributed by atoms with Gasteiger partial charge in [0.1, 0.15) is 0 Å². The lowest BCUT2D eigenvalue weighted by atomic mass is 10.1. The normalized spacial score (nSPS) is 13.6. The molecule has 0 heterocycles. The SMILES string of the molecule is CSCCCNCC(O)CC(C)C. The Kier molecular flexibility index (Phi) is 9.03. The Balaban J connectivity index is 3.12. The van der Waals surface area contributed by atoms with Crippen LogP contribution in [0.2, 0.25) is 0 Å². The van der Waals surface area contributed by atoms with Crippen molar-refractivity contribution in [1.82, 2.24) is 5.32 Å². The minimum atomic E-state index is -0.172. The van der Waals surface area contributed by atoms with Gasteiger partial charge < -0.3 is 10.4 Å². The van der Waals surface area contributed by atoms with Crippen LogP contribution in [0.5, 0.6) is 0 Å². The van der Waals surface area contributed by atoms with Gasteiger partial charge in [-0.15, -0.1) is 0 Å². The van der Waals surface area contributed by atoms with Gasteiger partial charge in [0, 0.05) is 6.54 Å². The van der Waals surface area contributed by atoms with Crippen molar-refractivity contribution in [3.63, 3.8) is 0 Å². The van der Waals surface area contributed by atoms with Gasteiger partial charge in [0.25, 0.3) is 0 Å². The molecule has 0 aromatic rings. The second kappa shape index (κ2) is 8.85. The summed E-state index contributed by atoms with van der Waals surface area (Å²) < 4.78 is 0. The third-order valence-corrected chi connectivity index (χ3v) is 2.52. The van der Waals surface area contributed by atoms with Gasteiger partial charge in [-0.3, -0.25) is 0 Å². The number of thioether (sulfide) groups is 1. The fourth-order valence-electron chi connectivity index (χ4n) is 1.24. The minimum Gasteiger partial charge on any atom is -0.392 e. The maximum atomic E-state index is 9.51. The zero-order chi connectivity index (χ0) is 10.1. The molecule has 2 N–H and O–H groups in total.